The third-order valence-corrected chi connectivity index (χ3v) is 2.98. The lowest BCUT2D eigenvalue weighted by molar-refractivity contribution is -0.00364. The Labute approximate surface area is 142 Å². The summed E-state index contributed by atoms with van der Waals surface area (Å²) in [5, 5.41) is 14.1. The van der Waals surface area contributed by atoms with Crippen LogP contribution in [0.5, 0.6) is 0 Å². The van der Waals surface area contributed by atoms with E-state index < -0.39 is 0 Å². The van der Waals surface area contributed by atoms with Gasteiger partial charge in [-0.25, -0.2) is 4.98 Å². The van der Waals surface area contributed by atoms with Gasteiger partial charge in [-0.15, -0.1) is 0 Å². The van der Waals surface area contributed by atoms with Gasteiger partial charge < -0.3 is 20.5 Å². The summed E-state index contributed by atoms with van der Waals surface area (Å²) in [7, 11) is 0. The molecule has 0 spiro atoms. The molecule has 0 aliphatic heterocycles. The van der Waals surface area contributed by atoms with E-state index in [2.05, 4.69) is 15.6 Å². The van der Waals surface area contributed by atoms with Gasteiger partial charge >= 0.3 is 0 Å². The molecule has 134 valence electrons. The van der Waals surface area contributed by atoms with Gasteiger partial charge in [0.2, 0.25) is 0 Å². The van der Waals surface area contributed by atoms with E-state index in [0.717, 1.165) is 0 Å². The zero-order valence-corrected chi connectivity index (χ0v) is 14.6. The maximum Gasteiger partial charge on any atom is 0.269 e. The molecule has 0 fully saturated rings. The molecule has 0 atom stereocenters. The maximum atomic E-state index is 12.1. The summed E-state index contributed by atoms with van der Waals surface area (Å²) in [6, 6.07) is 4.72. The summed E-state index contributed by atoms with van der Waals surface area (Å²) in [6.45, 7) is 7.34. The smallest absolute Gasteiger partial charge is 0.269 e. The van der Waals surface area contributed by atoms with Crippen molar-refractivity contribution >= 4 is 11.8 Å². The van der Waals surface area contributed by atoms with Crippen molar-refractivity contribution in [3.8, 4) is 0 Å². The van der Waals surface area contributed by atoms with Crippen molar-refractivity contribution in [2.75, 3.05) is 26.3 Å². The molecular weight excluding hydrogens is 310 g/mol. The molecule has 7 nitrogen and oxygen atoms in total. The highest BCUT2D eigenvalue weighted by Gasteiger charge is 2.12. The molecule has 0 radical (unpaired) electrons. The highest BCUT2D eigenvalue weighted by molar-refractivity contribution is 5.96. The van der Waals surface area contributed by atoms with Crippen LogP contribution >= 0.6 is 0 Å². The summed E-state index contributed by atoms with van der Waals surface area (Å²) < 4.78 is 5.58. The van der Waals surface area contributed by atoms with Gasteiger partial charge in [-0.1, -0.05) is 6.07 Å². The molecule has 2 amide bonds. The van der Waals surface area contributed by atoms with E-state index in [4.69, 9.17) is 9.84 Å². The second-order valence-corrected chi connectivity index (χ2v) is 6.31. The third kappa shape index (κ3) is 8.03. The summed E-state index contributed by atoms with van der Waals surface area (Å²) in [5.74, 6) is -0.688. The van der Waals surface area contributed by atoms with Crippen LogP contribution in [0, 0.1) is 0 Å². The van der Waals surface area contributed by atoms with Crippen molar-refractivity contribution in [2.24, 2.45) is 0 Å². The zero-order chi connectivity index (χ0) is 18.0. The molecule has 7 heteroatoms. The van der Waals surface area contributed by atoms with Gasteiger partial charge in [-0.3, -0.25) is 9.59 Å². The van der Waals surface area contributed by atoms with Crippen molar-refractivity contribution in [3.63, 3.8) is 0 Å². The Balaban J connectivity index is 2.44. The number of pyridine rings is 1. The Morgan fingerprint density at radius 3 is 2.12 bits per heavy atom. The van der Waals surface area contributed by atoms with Gasteiger partial charge in [0.05, 0.1) is 5.60 Å². The van der Waals surface area contributed by atoms with Gasteiger partial charge in [0.25, 0.3) is 11.8 Å². The van der Waals surface area contributed by atoms with Crippen molar-refractivity contribution in [1.82, 2.24) is 15.6 Å². The highest BCUT2D eigenvalue weighted by Crippen LogP contribution is 2.06. The number of aliphatic hydroxyl groups is 1. The number of aromatic nitrogens is 1. The summed E-state index contributed by atoms with van der Waals surface area (Å²) in [4.78, 5) is 28.0. The lowest BCUT2D eigenvalue weighted by Crippen LogP contribution is -2.29. The number of rotatable bonds is 9. The van der Waals surface area contributed by atoms with Gasteiger partial charge in [0, 0.05) is 26.3 Å². The largest absolute Gasteiger partial charge is 0.396 e. The van der Waals surface area contributed by atoms with E-state index in [9.17, 15) is 9.59 Å². The molecule has 0 aliphatic rings. The molecule has 0 saturated carbocycles. The van der Waals surface area contributed by atoms with Gasteiger partial charge in [-0.2, -0.15) is 0 Å². The quantitative estimate of drug-likeness (QED) is 0.587. The monoisotopic (exact) mass is 337 g/mol. The molecule has 0 aliphatic carbocycles. The van der Waals surface area contributed by atoms with Crippen LogP contribution < -0.4 is 10.6 Å². The number of carbonyl (C=O) groups is 2. The molecule has 0 bridgehead atoms. The van der Waals surface area contributed by atoms with Gasteiger partial charge in [0.1, 0.15) is 11.4 Å². The molecule has 0 saturated heterocycles. The molecule has 1 heterocycles. The van der Waals surface area contributed by atoms with E-state index in [-0.39, 0.29) is 35.4 Å². The Kier molecular flexibility index (Phi) is 8.35. The topological polar surface area (TPSA) is 101 Å². The summed E-state index contributed by atoms with van der Waals surface area (Å²) >= 11 is 0. The molecule has 0 aromatic carbocycles. The molecule has 1 aromatic rings. The Morgan fingerprint density at radius 2 is 1.62 bits per heavy atom. The van der Waals surface area contributed by atoms with Crippen LogP contribution in [0.25, 0.3) is 0 Å². The number of hydrogen-bond donors (Lipinski definition) is 3. The number of nitrogens with zero attached hydrogens (tertiary/aromatic N) is 1. The van der Waals surface area contributed by atoms with Gasteiger partial charge in [-0.05, 0) is 45.7 Å². The minimum Gasteiger partial charge on any atom is -0.396 e. The standard InChI is InChI=1S/C17H27N3O4/c1-17(2,3)24-12-6-10-19-16(23)14-8-4-7-13(20-14)15(22)18-9-5-11-21/h4,7-8,21H,5-6,9-12H2,1-3H3,(H,18,22)(H,19,23). The first-order valence-electron chi connectivity index (χ1n) is 8.12. The first kappa shape index (κ1) is 20.1. The fraction of sp³-hybridized carbons (Fsp3) is 0.588. The van der Waals surface area contributed by atoms with Crippen LogP contribution in [0.2, 0.25) is 0 Å². The fourth-order valence-electron chi connectivity index (χ4n) is 1.80. The highest BCUT2D eigenvalue weighted by atomic mass is 16.5. The van der Waals surface area contributed by atoms with Crippen LogP contribution in [-0.2, 0) is 4.74 Å². The Hall–Kier alpha value is -1.99. The predicted octanol–water partition coefficient (Wildman–Crippen LogP) is 1.13. The number of nitrogens with one attached hydrogen (secondary N) is 2. The van der Waals surface area contributed by atoms with E-state index in [1.54, 1.807) is 18.2 Å². The first-order chi connectivity index (χ1) is 11.3. The third-order valence-electron chi connectivity index (χ3n) is 2.98. The summed E-state index contributed by atoms with van der Waals surface area (Å²) in [5.41, 5.74) is 0.182. The van der Waals surface area contributed by atoms with Crippen LogP contribution in [0.1, 0.15) is 54.6 Å². The number of aliphatic hydroxyl groups excluding tert-OH is 1. The van der Waals surface area contributed by atoms with Crippen molar-refractivity contribution < 1.29 is 19.4 Å². The molecular formula is C17H27N3O4. The zero-order valence-electron chi connectivity index (χ0n) is 14.6. The molecule has 0 unspecified atom stereocenters. The first-order valence-corrected chi connectivity index (χ1v) is 8.12. The minimum absolute atomic E-state index is 0.00901. The average molecular weight is 337 g/mol. The van der Waals surface area contributed by atoms with Crippen LogP contribution in [0.3, 0.4) is 0 Å². The Bertz CT molecular complexity index is 541. The lowest BCUT2D eigenvalue weighted by atomic mass is 10.2. The van der Waals surface area contributed by atoms with E-state index in [0.29, 0.717) is 32.5 Å². The van der Waals surface area contributed by atoms with Crippen molar-refractivity contribution in [3.05, 3.63) is 29.6 Å². The van der Waals surface area contributed by atoms with Crippen LogP contribution in [0.4, 0.5) is 0 Å². The van der Waals surface area contributed by atoms with Gasteiger partial charge in [0.15, 0.2) is 0 Å². The van der Waals surface area contributed by atoms with E-state index >= 15 is 0 Å². The van der Waals surface area contributed by atoms with Crippen LogP contribution in [-0.4, -0.2) is 53.8 Å². The Morgan fingerprint density at radius 1 is 1.08 bits per heavy atom. The fourth-order valence-corrected chi connectivity index (χ4v) is 1.80. The average Bonchev–Trinajstić information content (AvgIpc) is 2.53. The number of hydrogen-bond acceptors (Lipinski definition) is 5. The second kappa shape index (κ2) is 10.00. The number of carbonyl (C=O) groups excluding carboxylic acids is 2. The lowest BCUT2D eigenvalue weighted by Gasteiger charge is -2.19. The SMILES string of the molecule is CC(C)(C)OCCCNC(=O)c1cccc(C(=O)NCCCO)n1. The maximum absolute atomic E-state index is 12.1. The van der Waals surface area contributed by atoms with Crippen molar-refractivity contribution in [1.29, 1.82) is 0 Å². The van der Waals surface area contributed by atoms with E-state index in [1.165, 1.54) is 0 Å². The molecule has 1 aromatic heterocycles. The predicted molar refractivity (Wildman–Crippen MR) is 90.9 cm³/mol. The second-order valence-electron chi connectivity index (χ2n) is 6.31. The number of amides is 2. The molecule has 1 rings (SSSR count). The minimum atomic E-state index is -0.364. The van der Waals surface area contributed by atoms with Crippen LogP contribution in [0.15, 0.2) is 18.2 Å². The summed E-state index contributed by atoms with van der Waals surface area (Å²) in [6.07, 6.45) is 1.17. The molecule has 24 heavy (non-hydrogen) atoms. The number of ether oxygens (including phenoxy) is 1. The molecule has 3 N–H and O–H groups in total. The van der Waals surface area contributed by atoms with E-state index in [1.807, 2.05) is 20.8 Å². The normalized spacial score (nSPS) is 11.2. The van der Waals surface area contributed by atoms with Crippen molar-refractivity contribution in [2.45, 2.75) is 39.2 Å².